The van der Waals surface area contributed by atoms with Crippen LogP contribution in [-0.4, -0.2) is 54.8 Å². The minimum absolute atomic E-state index is 0.0360. The summed E-state index contributed by atoms with van der Waals surface area (Å²) in [5.41, 5.74) is 0. The van der Waals surface area contributed by atoms with Crippen LogP contribution in [0.5, 0.6) is 0 Å². The van der Waals surface area contributed by atoms with Crippen molar-refractivity contribution in [2.45, 2.75) is 37.5 Å². The van der Waals surface area contributed by atoms with Crippen LogP contribution in [0.4, 0.5) is 4.79 Å². The van der Waals surface area contributed by atoms with Crippen LogP contribution in [0.25, 0.3) is 0 Å². The molecule has 4 nitrogen and oxygen atoms in total. The van der Waals surface area contributed by atoms with Gasteiger partial charge >= 0.3 is 6.03 Å². The van der Waals surface area contributed by atoms with E-state index in [0.717, 1.165) is 19.4 Å². The van der Waals surface area contributed by atoms with Gasteiger partial charge in [-0.1, -0.05) is 0 Å². The normalized spacial score (nSPS) is 21.4. The van der Waals surface area contributed by atoms with Gasteiger partial charge in [0.15, 0.2) is 0 Å². The van der Waals surface area contributed by atoms with Gasteiger partial charge in [0, 0.05) is 31.5 Å². The minimum atomic E-state index is 0.0360. The van der Waals surface area contributed by atoms with E-state index < -0.39 is 0 Å². The number of hydrogen-bond donors (Lipinski definition) is 1. The molecule has 100 valence electrons. The molecule has 17 heavy (non-hydrogen) atoms. The summed E-state index contributed by atoms with van der Waals surface area (Å²) in [6, 6.07) is 0.0360. The van der Waals surface area contributed by atoms with Gasteiger partial charge in [-0.2, -0.15) is 11.8 Å². The Balaban J connectivity index is 2.37. The van der Waals surface area contributed by atoms with Crippen molar-refractivity contribution in [2.24, 2.45) is 0 Å². The smallest absolute Gasteiger partial charge is 0.317 e. The van der Waals surface area contributed by atoms with Crippen LogP contribution >= 0.6 is 11.8 Å². The molecule has 1 N–H and O–H groups in total. The molecule has 0 saturated carbocycles. The number of methoxy groups -OCH3 is 1. The zero-order valence-corrected chi connectivity index (χ0v) is 12.1. The highest BCUT2D eigenvalue weighted by Gasteiger charge is 2.24. The van der Waals surface area contributed by atoms with Crippen LogP contribution in [0.3, 0.4) is 0 Å². The Hall–Kier alpha value is -0.420. The van der Waals surface area contributed by atoms with Crippen LogP contribution in [-0.2, 0) is 4.74 Å². The average molecular weight is 260 g/mol. The molecule has 1 aliphatic heterocycles. The largest absolute Gasteiger partial charge is 0.380 e. The summed E-state index contributed by atoms with van der Waals surface area (Å²) < 4.78 is 5.40. The lowest BCUT2D eigenvalue weighted by atomic mass is 10.1. The molecule has 0 bridgehead atoms. The standard InChI is InChI=1S/C12H24N2O2S/c1-12(2,17-4)9-13-11(15)14-7-5-6-10(8-14)16-3/h10H,5-9H2,1-4H3,(H,13,15). The third-order valence-corrected chi connectivity index (χ3v) is 4.47. The maximum Gasteiger partial charge on any atom is 0.317 e. The van der Waals surface area contributed by atoms with Gasteiger partial charge in [0.25, 0.3) is 0 Å². The molecule has 1 aliphatic rings. The number of nitrogens with one attached hydrogen (secondary N) is 1. The average Bonchev–Trinajstić information content (AvgIpc) is 2.36. The molecule has 1 fully saturated rings. The van der Waals surface area contributed by atoms with Gasteiger partial charge < -0.3 is 15.0 Å². The molecular formula is C12H24N2O2S. The molecule has 2 amide bonds. The van der Waals surface area contributed by atoms with Gasteiger partial charge in [0.1, 0.15) is 0 Å². The number of carbonyl (C=O) groups excluding carboxylic acids is 1. The van der Waals surface area contributed by atoms with E-state index >= 15 is 0 Å². The molecular weight excluding hydrogens is 236 g/mol. The highest BCUT2D eigenvalue weighted by molar-refractivity contribution is 7.99. The van der Waals surface area contributed by atoms with Gasteiger partial charge in [-0.05, 0) is 32.9 Å². The van der Waals surface area contributed by atoms with Crippen molar-refractivity contribution >= 4 is 17.8 Å². The van der Waals surface area contributed by atoms with E-state index in [1.807, 2.05) is 4.90 Å². The molecule has 1 rings (SSSR count). The lowest BCUT2D eigenvalue weighted by molar-refractivity contribution is 0.0434. The van der Waals surface area contributed by atoms with Crippen LogP contribution in [0.1, 0.15) is 26.7 Å². The maximum absolute atomic E-state index is 12.0. The third kappa shape index (κ3) is 4.76. The molecule has 0 aromatic rings. The second kappa shape index (κ2) is 6.50. The van der Waals surface area contributed by atoms with E-state index in [4.69, 9.17) is 4.74 Å². The summed E-state index contributed by atoms with van der Waals surface area (Å²) in [7, 11) is 1.71. The van der Waals surface area contributed by atoms with Gasteiger partial charge in [-0.3, -0.25) is 0 Å². The van der Waals surface area contributed by atoms with E-state index in [1.54, 1.807) is 18.9 Å². The van der Waals surface area contributed by atoms with Gasteiger partial charge in [0.05, 0.1) is 6.10 Å². The van der Waals surface area contributed by atoms with Crippen molar-refractivity contribution in [2.75, 3.05) is 33.0 Å². The molecule has 0 aromatic heterocycles. The van der Waals surface area contributed by atoms with Crippen molar-refractivity contribution in [1.29, 1.82) is 0 Å². The predicted octanol–water partition coefficient (Wildman–Crippen LogP) is 1.95. The monoisotopic (exact) mass is 260 g/mol. The Labute approximate surface area is 108 Å². The fraction of sp³-hybridized carbons (Fsp3) is 0.917. The van der Waals surface area contributed by atoms with Gasteiger partial charge in [-0.15, -0.1) is 0 Å². The molecule has 0 radical (unpaired) electrons. The number of likely N-dealkylation sites (tertiary alicyclic amines) is 1. The Morgan fingerprint density at radius 1 is 1.59 bits per heavy atom. The first-order chi connectivity index (χ1) is 7.98. The van der Waals surface area contributed by atoms with Crippen LogP contribution in [0.2, 0.25) is 0 Å². The number of rotatable bonds is 4. The van der Waals surface area contributed by atoms with Crippen molar-refractivity contribution < 1.29 is 9.53 Å². The number of piperidine rings is 1. The summed E-state index contributed by atoms with van der Waals surface area (Å²) >= 11 is 1.76. The summed E-state index contributed by atoms with van der Waals surface area (Å²) in [5.74, 6) is 0. The molecule has 1 saturated heterocycles. The molecule has 1 unspecified atom stereocenters. The topological polar surface area (TPSA) is 41.6 Å². The van der Waals surface area contributed by atoms with Gasteiger partial charge in [0.2, 0.25) is 0 Å². The second-order valence-electron chi connectivity index (χ2n) is 5.07. The summed E-state index contributed by atoms with van der Waals surface area (Å²) in [6.45, 7) is 6.51. The third-order valence-electron chi connectivity index (χ3n) is 3.22. The lowest BCUT2D eigenvalue weighted by Gasteiger charge is -2.33. The van der Waals surface area contributed by atoms with Crippen molar-refractivity contribution in [3.63, 3.8) is 0 Å². The van der Waals surface area contributed by atoms with Crippen molar-refractivity contribution in [3.05, 3.63) is 0 Å². The Bertz CT molecular complexity index is 259. The molecule has 0 spiro atoms. The van der Waals surface area contributed by atoms with Crippen LogP contribution in [0, 0.1) is 0 Å². The SMILES string of the molecule is COC1CCCN(C(=O)NCC(C)(C)SC)C1. The highest BCUT2D eigenvalue weighted by Crippen LogP contribution is 2.20. The maximum atomic E-state index is 12.0. The van der Waals surface area contributed by atoms with E-state index in [1.165, 1.54) is 0 Å². The highest BCUT2D eigenvalue weighted by atomic mass is 32.2. The molecule has 5 heteroatoms. The number of carbonyl (C=O) groups is 1. The molecule has 0 aromatic carbocycles. The zero-order chi connectivity index (χ0) is 12.9. The predicted molar refractivity (Wildman–Crippen MR) is 72.6 cm³/mol. The van der Waals surface area contributed by atoms with Crippen LogP contribution in [0.15, 0.2) is 0 Å². The number of hydrogen-bond acceptors (Lipinski definition) is 3. The van der Waals surface area contributed by atoms with Crippen LogP contribution < -0.4 is 5.32 Å². The summed E-state index contributed by atoms with van der Waals surface area (Å²) in [4.78, 5) is 13.8. The van der Waals surface area contributed by atoms with E-state index in [9.17, 15) is 4.79 Å². The number of urea groups is 1. The summed E-state index contributed by atoms with van der Waals surface area (Å²) in [5, 5.41) is 3.00. The lowest BCUT2D eigenvalue weighted by Crippen LogP contribution is -2.49. The Kier molecular flexibility index (Phi) is 5.59. The zero-order valence-electron chi connectivity index (χ0n) is 11.3. The minimum Gasteiger partial charge on any atom is -0.380 e. The molecule has 1 heterocycles. The second-order valence-corrected chi connectivity index (χ2v) is 6.58. The van der Waals surface area contributed by atoms with Gasteiger partial charge in [-0.25, -0.2) is 4.79 Å². The van der Waals surface area contributed by atoms with E-state index in [0.29, 0.717) is 13.1 Å². The first kappa shape index (κ1) is 14.6. The number of nitrogens with zero attached hydrogens (tertiary/aromatic N) is 1. The number of ether oxygens (including phenoxy) is 1. The van der Waals surface area contributed by atoms with Crippen molar-refractivity contribution in [1.82, 2.24) is 10.2 Å². The molecule has 0 aliphatic carbocycles. The first-order valence-corrected chi connectivity index (χ1v) is 7.31. The first-order valence-electron chi connectivity index (χ1n) is 6.09. The molecule has 1 atom stereocenters. The van der Waals surface area contributed by atoms with E-state index in [2.05, 4.69) is 25.4 Å². The fourth-order valence-electron chi connectivity index (χ4n) is 1.79. The summed E-state index contributed by atoms with van der Waals surface area (Å²) in [6.07, 6.45) is 4.34. The quantitative estimate of drug-likeness (QED) is 0.840. The van der Waals surface area contributed by atoms with E-state index in [-0.39, 0.29) is 16.9 Å². The van der Waals surface area contributed by atoms with Crippen molar-refractivity contribution in [3.8, 4) is 0 Å². The Morgan fingerprint density at radius 3 is 2.88 bits per heavy atom. The number of amides is 2. The Morgan fingerprint density at radius 2 is 2.29 bits per heavy atom. The fourth-order valence-corrected chi connectivity index (χ4v) is 2.00. The number of thioether (sulfide) groups is 1.